The van der Waals surface area contributed by atoms with Crippen molar-refractivity contribution in [2.75, 3.05) is 26.1 Å². The van der Waals surface area contributed by atoms with Gasteiger partial charge >= 0.3 is 0 Å². The molecule has 1 saturated carbocycles. The number of methoxy groups -OCH3 is 3. The van der Waals surface area contributed by atoms with Gasteiger partial charge in [-0.05, 0) is 31.9 Å². The van der Waals surface area contributed by atoms with Crippen LogP contribution in [0.5, 0.6) is 11.8 Å². The lowest BCUT2D eigenvalue weighted by Crippen LogP contribution is -2.33. The van der Waals surface area contributed by atoms with Crippen LogP contribution in [0.3, 0.4) is 0 Å². The van der Waals surface area contributed by atoms with Crippen LogP contribution in [0.15, 0.2) is 24.7 Å². The van der Waals surface area contributed by atoms with Crippen LogP contribution in [0.2, 0.25) is 5.02 Å². The van der Waals surface area contributed by atoms with Crippen LogP contribution in [-0.2, 0) is 14.8 Å². The molecule has 0 unspecified atom stereocenters. The first-order valence-electron chi connectivity index (χ1n) is 10.8. The Morgan fingerprint density at radius 2 is 1.77 bits per heavy atom. The molecule has 0 bridgehead atoms. The molecule has 1 fully saturated rings. The molecule has 14 heteroatoms. The standard InChI is InChI=1S/C21H26ClN7O5S/c1-12(17(32-2)15-9-8-14(22)10-23-15)35(30,31)28-21-27-26-18(13-6-5-7-13)29(21)16-19(33-3)24-11-25-20(16)34-4/h8-13,17H,5-7H2,1-4H3,(H,27,28)/t12-,17-/m0/s1. The summed E-state index contributed by atoms with van der Waals surface area (Å²) in [6.45, 7) is 1.52. The van der Waals surface area contributed by atoms with E-state index in [0.717, 1.165) is 19.3 Å². The van der Waals surface area contributed by atoms with Crippen molar-refractivity contribution in [3.8, 4) is 17.4 Å². The summed E-state index contributed by atoms with van der Waals surface area (Å²) >= 11 is 5.92. The quantitative estimate of drug-likeness (QED) is 0.421. The second-order valence-electron chi connectivity index (χ2n) is 8.00. The van der Waals surface area contributed by atoms with Crippen molar-refractivity contribution in [1.29, 1.82) is 0 Å². The Morgan fingerprint density at radius 1 is 1.09 bits per heavy atom. The maximum Gasteiger partial charge on any atom is 0.245 e. The highest BCUT2D eigenvalue weighted by molar-refractivity contribution is 7.93. The molecule has 0 aliphatic heterocycles. The molecule has 4 rings (SSSR count). The molecule has 0 amide bonds. The molecule has 2 atom stereocenters. The summed E-state index contributed by atoms with van der Waals surface area (Å²) in [5.74, 6) is 0.995. The van der Waals surface area contributed by atoms with E-state index in [1.54, 1.807) is 16.7 Å². The van der Waals surface area contributed by atoms with Gasteiger partial charge in [-0.2, -0.15) is 9.97 Å². The van der Waals surface area contributed by atoms with Gasteiger partial charge in [-0.1, -0.05) is 18.0 Å². The zero-order valence-corrected chi connectivity index (χ0v) is 21.2. The van der Waals surface area contributed by atoms with Gasteiger partial charge in [0.25, 0.3) is 0 Å². The largest absolute Gasteiger partial charge is 0.479 e. The van der Waals surface area contributed by atoms with Gasteiger partial charge in [0, 0.05) is 19.2 Å². The van der Waals surface area contributed by atoms with Crippen molar-refractivity contribution < 1.29 is 22.6 Å². The Morgan fingerprint density at radius 3 is 2.29 bits per heavy atom. The molecular weight excluding hydrogens is 498 g/mol. The van der Waals surface area contributed by atoms with Gasteiger partial charge in [0.2, 0.25) is 27.7 Å². The summed E-state index contributed by atoms with van der Waals surface area (Å²) in [5, 5.41) is 7.85. The highest BCUT2D eigenvalue weighted by atomic mass is 35.5. The molecule has 3 aromatic rings. The van der Waals surface area contributed by atoms with E-state index in [1.165, 1.54) is 40.8 Å². The van der Waals surface area contributed by atoms with Crippen LogP contribution in [0.1, 0.15) is 49.7 Å². The summed E-state index contributed by atoms with van der Waals surface area (Å²) in [5.41, 5.74) is 0.726. The van der Waals surface area contributed by atoms with Gasteiger partial charge in [0.1, 0.15) is 23.5 Å². The Bertz CT molecular complexity index is 1260. The average Bonchev–Trinajstić information content (AvgIpc) is 3.20. The monoisotopic (exact) mass is 523 g/mol. The fourth-order valence-electron chi connectivity index (χ4n) is 3.84. The Labute approximate surface area is 208 Å². The molecule has 1 aliphatic carbocycles. The lowest BCUT2D eigenvalue weighted by atomic mass is 9.85. The first-order chi connectivity index (χ1) is 16.8. The minimum Gasteiger partial charge on any atom is -0.479 e. The second kappa shape index (κ2) is 10.3. The molecule has 0 saturated heterocycles. The van der Waals surface area contributed by atoms with Gasteiger partial charge in [-0.15, -0.1) is 10.2 Å². The zero-order valence-electron chi connectivity index (χ0n) is 19.7. The second-order valence-corrected chi connectivity index (χ2v) is 10.5. The van der Waals surface area contributed by atoms with E-state index in [4.69, 9.17) is 25.8 Å². The third kappa shape index (κ3) is 4.88. The van der Waals surface area contributed by atoms with E-state index >= 15 is 0 Å². The van der Waals surface area contributed by atoms with E-state index < -0.39 is 21.4 Å². The number of nitrogens with one attached hydrogen (secondary N) is 1. The fourth-order valence-corrected chi connectivity index (χ4v) is 5.10. The van der Waals surface area contributed by atoms with E-state index in [9.17, 15) is 8.42 Å². The van der Waals surface area contributed by atoms with Gasteiger partial charge in [-0.25, -0.2) is 8.42 Å². The van der Waals surface area contributed by atoms with Crippen LogP contribution in [0.25, 0.3) is 5.69 Å². The van der Waals surface area contributed by atoms with E-state index in [0.29, 0.717) is 22.2 Å². The highest BCUT2D eigenvalue weighted by Crippen LogP contribution is 2.40. The van der Waals surface area contributed by atoms with Crippen LogP contribution >= 0.6 is 11.6 Å². The molecule has 0 radical (unpaired) electrons. The van der Waals surface area contributed by atoms with Crippen molar-refractivity contribution in [2.45, 2.75) is 43.5 Å². The summed E-state index contributed by atoms with van der Waals surface area (Å²) in [6.07, 6.45) is 4.70. The number of pyridine rings is 1. The van der Waals surface area contributed by atoms with Crippen molar-refractivity contribution in [1.82, 2.24) is 29.7 Å². The maximum atomic E-state index is 13.5. The number of aromatic nitrogens is 6. The maximum absolute atomic E-state index is 13.5. The predicted octanol–water partition coefficient (Wildman–Crippen LogP) is 2.91. The minimum absolute atomic E-state index is 0.0379. The summed E-state index contributed by atoms with van der Waals surface area (Å²) < 4.78 is 47.4. The number of halogens is 1. The number of hydrogen-bond donors (Lipinski definition) is 1. The van der Waals surface area contributed by atoms with Gasteiger partial charge < -0.3 is 14.2 Å². The SMILES string of the molecule is COc1ncnc(OC)c1-n1c(NS(=O)(=O)[C@@H](C)[C@H](OC)c2ccc(Cl)cn2)nnc1C1CCC1. The first kappa shape index (κ1) is 25.1. The normalized spacial score (nSPS) is 15.8. The summed E-state index contributed by atoms with van der Waals surface area (Å²) in [4.78, 5) is 12.5. The lowest BCUT2D eigenvalue weighted by Gasteiger charge is -2.26. The Kier molecular flexibility index (Phi) is 7.38. The minimum atomic E-state index is -4.05. The lowest BCUT2D eigenvalue weighted by molar-refractivity contribution is 0.0989. The molecule has 3 aromatic heterocycles. The molecular formula is C21H26ClN7O5S. The molecule has 188 valence electrons. The first-order valence-corrected chi connectivity index (χ1v) is 12.8. The average molecular weight is 524 g/mol. The third-order valence-corrected chi connectivity index (χ3v) is 7.89. The molecule has 3 heterocycles. The molecule has 1 aliphatic rings. The molecule has 1 N–H and O–H groups in total. The summed E-state index contributed by atoms with van der Waals surface area (Å²) in [7, 11) is 0.273. The number of ether oxygens (including phenoxy) is 3. The van der Waals surface area contributed by atoms with Crippen LogP contribution in [0, 0.1) is 0 Å². The summed E-state index contributed by atoms with van der Waals surface area (Å²) in [6, 6.07) is 3.24. The van der Waals surface area contributed by atoms with Gasteiger partial charge in [0.15, 0.2) is 5.69 Å². The fraction of sp³-hybridized carbons (Fsp3) is 0.476. The smallest absolute Gasteiger partial charge is 0.245 e. The van der Waals surface area contributed by atoms with E-state index in [2.05, 4.69) is 29.9 Å². The van der Waals surface area contributed by atoms with Crippen LogP contribution in [0.4, 0.5) is 5.95 Å². The van der Waals surface area contributed by atoms with E-state index in [-0.39, 0.29) is 23.6 Å². The van der Waals surface area contributed by atoms with E-state index in [1.807, 2.05) is 0 Å². The molecule has 12 nitrogen and oxygen atoms in total. The van der Waals surface area contributed by atoms with Gasteiger partial charge in [0.05, 0.1) is 24.9 Å². The number of nitrogens with zero attached hydrogens (tertiary/aromatic N) is 6. The van der Waals surface area contributed by atoms with Crippen molar-refractivity contribution >= 4 is 27.6 Å². The number of rotatable bonds is 10. The van der Waals surface area contributed by atoms with Crippen LogP contribution < -0.4 is 14.2 Å². The highest BCUT2D eigenvalue weighted by Gasteiger charge is 2.36. The number of anilines is 1. The predicted molar refractivity (Wildman–Crippen MR) is 128 cm³/mol. The molecule has 35 heavy (non-hydrogen) atoms. The van der Waals surface area contributed by atoms with Crippen molar-refractivity contribution in [3.63, 3.8) is 0 Å². The number of hydrogen-bond acceptors (Lipinski definition) is 10. The van der Waals surface area contributed by atoms with Crippen molar-refractivity contribution in [3.05, 3.63) is 41.2 Å². The van der Waals surface area contributed by atoms with Crippen LogP contribution in [-0.4, -0.2) is 64.7 Å². The Hall–Kier alpha value is -3.03. The Balaban J connectivity index is 1.76. The molecule has 0 spiro atoms. The van der Waals surface area contributed by atoms with Crippen molar-refractivity contribution in [2.24, 2.45) is 0 Å². The topological polar surface area (TPSA) is 143 Å². The number of sulfonamides is 1. The third-order valence-electron chi connectivity index (χ3n) is 5.97. The zero-order chi connectivity index (χ0) is 25.2. The molecule has 0 aromatic carbocycles. The van der Waals surface area contributed by atoms with Gasteiger partial charge in [-0.3, -0.25) is 14.3 Å².